The van der Waals surface area contributed by atoms with E-state index in [1.165, 1.54) is 36.1 Å². The zero-order chi connectivity index (χ0) is 20.9. The molecule has 1 aliphatic heterocycles. The van der Waals surface area contributed by atoms with Crippen LogP contribution in [0.3, 0.4) is 0 Å². The van der Waals surface area contributed by atoms with E-state index in [-0.39, 0.29) is 5.91 Å². The van der Waals surface area contributed by atoms with Crippen LogP contribution in [0.15, 0.2) is 24.3 Å². The van der Waals surface area contributed by atoms with Crippen molar-refractivity contribution in [3.05, 3.63) is 52.3 Å². The summed E-state index contributed by atoms with van der Waals surface area (Å²) in [6, 6.07) is 9.01. The van der Waals surface area contributed by atoms with E-state index in [4.69, 9.17) is 0 Å². The molecule has 6 heteroatoms. The molecular formula is C24H35N5O. The van der Waals surface area contributed by atoms with Crippen molar-refractivity contribution in [2.24, 2.45) is 7.05 Å². The topological polar surface area (TPSA) is 62.2 Å². The molecule has 1 atom stereocenters. The number of amides is 1. The predicted octanol–water partition coefficient (Wildman–Crippen LogP) is 2.59. The van der Waals surface area contributed by atoms with E-state index in [0.29, 0.717) is 18.3 Å². The first-order chi connectivity index (χ1) is 14.6. The van der Waals surface area contributed by atoms with Gasteiger partial charge in [-0.05, 0) is 57.7 Å². The van der Waals surface area contributed by atoms with Crippen LogP contribution in [0.4, 0.5) is 0 Å². The van der Waals surface area contributed by atoms with E-state index in [0.717, 1.165) is 51.0 Å². The average molecular weight is 410 g/mol. The van der Waals surface area contributed by atoms with E-state index in [9.17, 15) is 4.79 Å². The summed E-state index contributed by atoms with van der Waals surface area (Å²) in [5.74, 6) is -0.0248. The molecule has 6 nitrogen and oxygen atoms in total. The number of benzene rings is 1. The molecule has 1 saturated heterocycles. The van der Waals surface area contributed by atoms with Crippen LogP contribution in [0.1, 0.15) is 58.6 Å². The minimum Gasteiger partial charge on any atom is -0.349 e. The Kier molecular flexibility index (Phi) is 6.85. The molecule has 1 aliphatic carbocycles. The van der Waals surface area contributed by atoms with Crippen LogP contribution < -0.4 is 10.6 Å². The van der Waals surface area contributed by atoms with Crippen molar-refractivity contribution in [2.75, 3.05) is 26.2 Å². The summed E-state index contributed by atoms with van der Waals surface area (Å²) in [4.78, 5) is 15.3. The van der Waals surface area contributed by atoms with Gasteiger partial charge in [-0.25, -0.2) is 0 Å². The van der Waals surface area contributed by atoms with Gasteiger partial charge in [-0.1, -0.05) is 36.2 Å². The molecule has 0 spiro atoms. The summed E-state index contributed by atoms with van der Waals surface area (Å²) < 4.78 is 1.91. The summed E-state index contributed by atoms with van der Waals surface area (Å²) in [6.07, 6.45) is 6.79. The number of piperidine rings is 1. The lowest BCUT2D eigenvalue weighted by Gasteiger charge is -2.26. The molecule has 2 heterocycles. The minimum absolute atomic E-state index is 0.0248. The Hall–Kier alpha value is -2.18. The van der Waals surface area contributed by atoms with Gasteiger partial charge in [0.05, 0.1) is 0 Å². The first-order valence-electron chi connectivity index (χ1n) is 11.4. The smallest absolute Gasteiger partial charge is 0.272 e. The third-order valence-corrected chi connectivity index (χ3v) is 6.51. The van der Waals surface area contributed by atoms with Gasteiger partial charge < -0.3 is 15.5 Å². The number of aryl methyl sites for hydroxylation is 2. The lowest BCUT2D eigenvalue weighted by Crippen LogP contribution is -2.38. The Balaban J connectivity index is 1.34. The number of fused-ring (bicyclic) bond motifs is 1. The van der Waals surface area contributed by atoms with Crippen molar-refractivity contribution in [2.45, 2.75) is 58.0 Å². The lowest BCUT2D eigenvalue weighted by molar-refractivity contribution is 0.0939. The molecule has 0 saturated carbocycles. The maximum Gasteiger partial charge on any atom is 0.272 e. The molecule has 1 aromatic carbocycles. The molecule has 4 rings (SSSR count). The van der Waals surface area contributed by atoms with E-state index >= 15 is 0 Å². The Morgan fingerprint density at radius 1 is 1.23 bits per heavy atom. The third kappa shape index (κ3) is 5.10. The zero-order valence-electron chi connectivity index (χ0n) is 18.4. The highest BCUT2D eigenvalue weighted by molar-refractivity contribution is 5.94. The largest absolute Gasteiger partial charge is 0.349 e. The Morgan fingerprint density at radius 3 is 2.87 bits per heavy atom. The van der Waals surface area contributed by atoms with E-state index < -0.39 is 0 Å². The van der Waals surface area contributed by atoms with Gasteiger partial charge in [-0.15, -0.1) is 0 Å². The van der Waals surface area contributed by atoms with Crippen LogP contribution in [0.2, 0.25) is 0 Å². The summed E-state index contributed by atoms with van der Waals surface area (Å²) >= 11 is 0. The van der Waals surface area contributed by atoms with E-state index in [1.807, 2.05) is 11.7 Å². The van der Waals surface area contributed by atoms with E-state index in [1.54, 1.807) is 0 Å². The van der Waals surface area contributed by atoms with Gasteiger partial charge in [-0.2, -0.15) is 5.10 Å². The molecule has 2 N–H and O–H groups in total. The van der Waals surface area contributed by atoms with Crippen molar-refractivity contribution in [1.29, 1.82) is 0 Å². The summed E-state index contributed by atoms with van der Waals surface area (Å²) in [7, 11) is 1.96. The van der Waals surface area contributed by atoms with Crippen LogP contribution in [0, 0.1) is 6.92 Å². The number of nitrogens with one attached hydrogen (secondary N) is 2. The van der Waals surface area contributed by atoms with E-state index in [2.05, 4.69) is 51.8 Å². The second-order valence-electron chi connectivity index (χ2n) is 8.87. The fourth-order valence-corrected chi connectivity index (χ4v) is 4.82. The van der Waals surface area contributed by atoms with Crippen molar-refractivity contribution in [3.8, 4) is 0 Å². The molecule has 1 amide bonds. The summed E-state index contributed by atoms with van der Waals surface area (Å²) in [5.41, 5.74) is 5.55. The average Bonchev–Trinajstić information content (AvgIpc) is 3.09. The van der Waals surface area contributed by atoms with Crippen molar-refractivity contribution < 1.29 is 4.79 Å². The molecule has 0 bridgehead atoms. The van der Waals surface area contributed by atoms with Crippen molar-refractivity contribution in [1.82, 2.24) is 25.3 Å². The number of rotatable bonds is 7. The Labute approximate surface area is 180 Å². The lowest BCUT2D eigenvalue weighted by atomic mass is 9.91. The highest BCUT2D eigenvalue weighted by Gasteiger charge is 2.28. The molecule has 30 heavy (non-hydrogen) atoms. The molecule has 162 valence electrons. The molecule has 0 radical (unpaired) electrons. The minimum atomic E-state index is -0.0248. The number of likely N-dealkylation sites (tertiary alicyclic amines) is 1. The molecule has 1 unspecified atom stereocenters. The van der Waals surface area contributed by atoms with Gasteiger partial charge in [0.25, 0.3) is 5.91 Å². The van der Waals surface area contributed by atoms with Gasteiger partial charge in [0, 0.05) is 44.0 Å². The third-order valence-electron chi connectivity index (χ3n) is 6.51. The quantitative estimate of drug-likeness (QED) is 0.738. The summed E-state index contributed by atoms with van der Waals surface area (Å²) in [5, 5.41) is 11.4. The van der Waals surface area contributed by atoms with Gasteiger partial charge in [-0.3, -0.25) is 9.48 Å². The molecule has 1 fully saturated rings. The number of carbonyl (C=O) groups is 1. The van der Waals surface area contributed by atoms with Crippen LogP contribution in [-0.4, -0.2) is 52.8 Å². The zero-order valence-corrected chi connectivity index (χ0v) is 18.4. The SMILES string of the molecule is Cc1cccc(CNC2CCc3c(c(C(=O)NCCN4CCCCC4)nn3C)C2)c1. The molecular weight excluding hydrogens is 374 g/mol. The van der Waals surface area contributed by atoms with Gasteiger partial charge in [0.1, 0.15) is 0 Å². The second kappa shape index (κ2) is 9.75. The first kappa shape index (κ1) is 21.1. The monoisotopic (exact) mass is 409 g/mol. The molecule has 2 aliphatic rings. The number of aromatic nitrogens is 2. The molecule has 1 aromatic heterocycles. The van der Waals surface area contributed by atoms with Crippen LogP contribution in [-0.2, 0) is 26.4 Å². The molecule has 2 aromatic rings. The van der Waals surface area contributed by atoms with Crippen LogP contribution in [0.5, 0.6) is 0 Å². The van der Waals surface area contributed by atoms with Crippen LogP contribution in [0.25, 0.3) is 0 Å². The maximum absolute atomic E-state index is 12.9. The van der Waals surface area contributed by atoms with Gasteiger partial charge in [0.2, 0.25) is 0 Å². The predicted molar refractivity (Wildman–Crippen MR) is 120 cm³/mol. The Bertz CT molecular complexity index is 868. The fraction of sp³-hybridized carbons (Fsp3) is 0.583. The Morgan fingerprint density at radius 2 is 2.07 bits per heavy atom. The van der Waals surface area contributed by atoms with Crippen LogP contribution >= 0.6 is 0 Å². The highest BCUT2D eigenvalue weighted by Crippen LogP contribution is 2.24. The summed E-state index contributed by atoms with van der Waals surface area (Å²) in [6.45, 7) is 6.93. The standard InChI is InChI=1S/C24H35N5O/c1-18-7-6-8-19(15-18)17-26-20-9-10-22-21(16-20)23(27-28(22)2)24(30)25-11-14-29-12-4-3-5-13-29/h6-8,15,20,26H,3-5,9-14,16-17H2,1-2H3,(H,25,30). The highest BCUT2D eigenvalue weighted by atomic mass is 16.2. The normalized spacial score (nSPS) is 19.5. The van der Waals surface area contributed by atoms with Crippen molar-refractivity contribution >= 4 is 5.91 Å². The number of hydrogen-bond donors (Lipinski definition) is 2. The van der Waals surface area contributed by atoms with Gasteiger partial charge in [0.15, 0.2) is 5.69 Å². The van der Waals surface area contributed by atoms with Crippen molar-refractivity contribution in [3.63, 3.8) is 0 Å². The fourth-order valence-electron chi connectivity index (χ4n) is 4.82. The number of carbonyl (C=O) groups excluding carboxylic acids is 1. The second-order valence-corrected chi connectivity index (χ2v) is 8.87. The van der Waals surface area contributed by atoms with Gasteiger partial charge >= 0.3 is 0 Å². The number of hydrogen-bond acceptors (Lipinski definition) is 4. The first-order valence-corrected chi connectivity index (χ1v) is 11.4. The number of nitrogens with zero attached hydrogens (tertiary/aromatic N) is 3. The maximum atomic E-state index is 12.9.